The highest BCUT2D eigenvalue weighted by atomic mass is 19.1. The molecule has 1 N–H and O–H groups in total. The van der Waals surface area contributed by atoms with Crippen molar-refractivity contribution in [3.05, 3.63) is 35.6 Å². The molecule has 1 saturated heterocycles. The fourth-order valence-electron chi connectivity index (χ4n) is 2.42. The Balaban J connectivity index is 2.14. The van der Waals surface area contributed by atoms with Crippen molar-refractivity contribution in [1.29, 1.82) is 0 Å². The largest absolute Gasteiger partial charge is 0.316 e. The number of nitrogens with one attached hydrogen (secondary N) is 1. The van der Waals surface area contributed by atoms with Crippen LogP contribution >= 0.6 is 0 Å². The summed E-state index contributed by atoms with van der Waals surface area (Å²) in [7, 11) is 0. The van der Waals surface area contributed by atoms with Gasteiger partial charge in [-0.15, -0.1) is 0 Å². The van der Waals surface area contributed by atoms with Crippen LogP contribution in [0.4, 0.5) is 8.78 Å². The predicted octanol–water partition coefficient (Wildman–Crippen LogP) is 3.01. The minimum atomic E-state index is -1.57. The Hall–Kier alpha value is -0.960. The van der Waals surface area contributed by atoms with Gasteiger partial charge in [-0.2, -0.15) is 0 Å². The number of hydrogen-bond donors (Lipinski definition) is 1. The summed E-state index contributed by atoms with van der Waals surface area (Å²) in [6.07, 6.45) is 1.37. The lowest BCUT2D eigenvalue weighted by atomic mass is 9.87. The average Bonchev–Trinajstić information content (AvgIpc) is 2.70. The fourth-order valence-corrected chi connectivity index (χ4v) is 2.42. The Kier molecular flexibility index (Phi) is 3.24. The second-order valence-electron chi connectivity index (χ2n) is 4.74. The normalized spacial score (nSPS) is 24.3. The Labute approximate surface area is 94.9 Å². The fraction of sp³-hybridized carbons (Fsp3) is 0.538. The molecule has 0 saturated carbocycles. The smallest absolute Gasteiger partial charge is 0.136 e. The highest BCUT2D eigenvalue weighted by Crippen LogP contribution is 2.35. The molecule has 0 aliphatic carbocycles. The van der Waals surface area contributed by atoms with Crippen molar-refractivity contribution in [3.63, 3.8) is 0 Å². The summed E-state index contributed by atoms with van der Waals surface area (Å²) in [6, 6.07) is 6.13. The van der Waals surface area contributed by atoms with Crippen LogP contribution in [0.25, 0.3) is 0 Å². The molecule has 1 aromatic rings. The van der Waals surface area contributed by atoms with E-state index in [1.54, 1.807) is 12.1 Å². The third kappa shape index (κ3) is 2.40. The minimum absolute atomic E-state index is 0.182. The standard InChI is InChI=1S/C13H17F2N/c1-13(15,8-10-6-7-16-9-10)11-4-2-3-5-12(11)14/h2-5,10,16H,6-9H2,1H3. The maximum atomic E-state index is 14.5. The number of rotatable bonds is 3. The molecule has 1 nitrogen and oxygen atoms in total. The molecule has 1 heterocycles. The molecule has 1 aromatic carbocycles. The molecule has 88 valence electrons. The van der Waals surface area contributed by atoms with Crippen LogP contribution in [0.15, 0.2) is 24.3 Å². The molecule has 2 atom stereocenters. The lowest BCUT2D eigenvalue weighted by Gasteiger charge is -2.24. The van der Waals surface area contributed by atoms with Gasteiger partial charge in [-0.25, -0.2) is 8.78 Å². The van der Waals surface area contributed by atoms with Crippen LogP contribution in [-0.4, -0.2) is 13.1 Å². The summed E-state index contributed by atoms with van der Waals surface area (Å²) in [4.78, 5) is 0. The first-order valence-corrected chi connectivity index (χ1v) is 5.74. The molecule has 1 aliphatic rings. The monoisotopic (exact) mass is 225 g/mol. The van der Waals surface area contributed by atoms with Crippen molar-refractivity contribution in [2.45, 2.75) is 25.4 Å². The van der Waals surface area contributed by atoms with Gasteiger partial charge in [0.15, 0.2) is 0 Å². The van der Waals surface area contributed by atoms with Gasteiger partial charge < -0.3 is 5.32 Å². The average molecular weight is 225 g/mol. The minimum Gasteiger partial charge on any atom is -0.316 e. The van der Waals surface area contributed by atoms with Crippen LogP contribution in [-0.2, 0) is 5.67 Å². The van der Waals surface area contributed by atoms with E-state index in [0.717, 1.165) is 19.5 Å². The molecule has 0 amide bonds. The quantitative estimate of drug-likeness (QED) is 0.833. The lowest BCUT2D eigenvalue weighted by molar-refractivity contribution is 0.144. The second-order valence-corrected chi connectivity index (χ2v) is 4.74. The van der Waals surface area contributed by atoms with E-state index in [0.29, 0.717) is 12.3 Å². The highest BCUT2D eigenvalue weighted by molar-refractivity contribution is 5.23. The van der Waals surface area contributed by atoms with Crippen LogP contribution in [0.3, 0.4) is 0 Å². The first-order chi connectivity index (χ1) is 7.59. The van der Waals surface area contributed by atoms with E-state index in [1.165, 1.54) is 19.1 Å². The van der Waals surface area contributed by atoms with Crippen LogP contribution in [0.5, 0.6) is 0 Å². The summed E-state index contributed by atoms with van der Waals surface area (Å²) in [5.41, 5.74) is -1.39. The Morgan fingerprint density at radius 3 is 2.81 bits per heavy atom. The van der Waals surface area contributed by atoms with E-state index < -0.39 is 11.5 Å². The summed E-state index contributed by atoms with van der Waals surface area (Å²) >= 11 is 0. The van der Waals surface area contributed by atoms with Gasteiger partial charge in [0, 0.05) is 5.56 Å². The Morgan fingerprint density at radius 1 is 1.44 bits per heavy atom. The van der Waals surface area contributed by atoms with Gasteiger partial charge in [-0.1, -0.05) is 18.2 Å². The van der Waals surface area contributed by atoms with Gasteiger partial charge >= 0.3 is 0 Å². The van der Waals surface area contributed by atoms with E-state index in [9.17, 15) is 8.78 Å². The van der Waals surface area contributed by atoms with Crippen LogP contribution in [0, 0.1) is 11.7 Å². The molecule has 0 aromatic heterocycles. The van der Waals surface area contributed by atoms with Crippen LogP contribution in [0.1, 0.15) is 25.3 Å². The third-order valence-electron chi connectivity index (χ3n) is 3.27. The van der Waals surface area contributed by atoms with Crippen molar-refractivity contribution < 1.29 is 8.78 Å². The van der Waals surface area contributed by atoms with Crippen molar-refractivity contribution >= 4 is 0 Å². The molecular weight excluding hydrogens is 208 g/mol. The van der Waals surface area contributed by atoms with Gasteiger partial charge in [-0.05, 0) is 44.8 Å². The molecule has 3 heteroatoms. The van der Waals surface area contributed by atoms with E-state index in [1.807, 2.05) is 0 Å². The zero-order valence-electron chi connectivity index (χ0n) is 9.47. The number of benzene rings is 1. The molecule has 16 heavy (non-hydrogen) atoms. The van der Waals surface area contributed by atoms with Gasteiger partial charge in [0.2, 0.25) is 0 Å². The maximum Gasteiger partial charge on any atom is 0.136 e. The SMILES string of the molecule is CC(F)(CC1CCNC1)c1ccccc1F. The predicted molar refractivity (Wildman–Crippen MR) is 60.5 cm³/mol. The maximum absolute atomic E-state index is 14.5. The summed E-state index contributed by atoms with van der Waals surface area (Å²) in [5, 5.41) is 3.20. The highest BCUT2D eigenvalue weighted by Gasteiger charge is 2.33. The van der Waals surface area contributed by atoms with E-state index in [2.05, 4.69) is 5.32 Å². The number of alkyl halides is 1. The zero-order chi connectivity index (χ0) is 11.6. The molecule has 1 aliphatic heterocycles. The molecule has 2 unspecified atom stereocenters. The Bertz CT molecular complexity index is 357. The van der Waals surface area contributed by atoms with Gasteiger partial charge in [0.25, 0.3) is 0 Å². The van der Waals surface area contributed by atoms with E-state index >= 15 is 0 Å². The molecule has 2 rings (SSSR count). The second kappa shape index (κ2) is 4.50. The molecular formula is C13H17F2N. The van der Waals surface area contributed by atoms with Gasteiger partial charge in [-0.3, -0.25) is 0 Å². The van der Waals surface area contributed by atoms with Gasteiger partial charge in [0.1, 0.15) is 11.5 Å². The number of hydrogen-bond acceptors (Lipinski definition) is 1. The first kappa shape index (κ1) is 11.5. The van der Waals surface area contributed by atoms with Crippen molar-refractivity contribution in [3.8, 4) is 0 Å². The Morgan fingerprint density at radius 2 is 2.19 bits per heavy atom. The number of halogens is 2. The van der Waals surface area contributed by atoms with E-state index in [-0.39, 0.29) is 5.56 Å². The van der Waals surface area contributed by atoms with Crippen molar-refractivity contribution in [2.24, 2.45) is 5.92 Å². The molecule has 1 fully saturated rings. The molecule has 0 bridgehead atoms. The lowest BCUT2D eigenvalue weighted by Crippen LogP contribution is -2.22. The molecule has 0 spiro atoms. The molecule has 0 radical (unpaired) electrons. The van der Waals surface area contributed by atoms with Crippen LogP contribution in [0.2, 0.25) is 0 Å². The summed E-state index contributed by atoms with van der Waals surface area (Å²) < 4.78 is 28.0. The third-order valence-corrected chi connectivity index (χ3v) is 3.27. The van der Waals surface area contributed by atoms with Crippen molar-refractivity contribution in [2.75, 3.05) is 13.1 Å². The van der Waals surface area contributed by atoms with Crippen molar-refractivity contribution in [1.82, 2.24) is 5.32 Å². The van der Waals surface area contributed by atoms with Gasteiger partial charge in [0.05, 0.1) is 0 Å². The first-order valence-electron chi connectivity index (χ1n) is 5.74. The zero-order valence-corrected chi connectivity index (χ0v) is 9.47. The topological polar surface area (TPSA) is 12.0 Å². The van der Waals surface area contributed by atoms with Crippen LogP contribution < -0.4 is 5.32 Å². The summed E-state index contributed by atoms with van der Waals surface area (Å²) in [5.74, 6) is -0.131. The summed E-state index contributed by atoms with van der Waals surface area (Å²) in [6.45, 7) is 3.26. The van der Waals surface area contributed by atoms with E-state index in [4.69, 9.17) is 0 Å².